The first-order valence-electron chi connectivity index (χ1n) is 12.5. The fourth-order valence-corrected chi connectivity index (χ4v) is 6.58. The second-order valence-electron chi connectivity index (χ2n) is 9.67. The largest absolute Gasteiger partial charge is 0.382 e. The van der Waals surface area contributed by atoms with Gasteiger partial charge in [-0.05, 0) is 60.9 Å². The number of anilines is 3. The van der Waals surface area contributed by atoms with Gasteiger partial charge in [0.15, 0.2) is 16.8 Å². The number of pyridine rings is 1. The number of nitrogen functional groups attached to an aromatic ring is 2. The van der Waals surface area contributed by atoms with E-state index in [0.717, 1.165) is 43.5 Å². The highest BCUT2D eigenvalue weighted by Crippen LogP contribution is 2.51. The standard InChI is InChI=1S/C27H28Cl2N8OS/c1-2-33-19(38)6-4-15-3-5-16-14-27(21(30)17(16)13-15)8-11-37(12-9-27)25-22(29)35-26(24(32)36-25)39-18-7-10-34-23(31)20(18)28/h3,5,7,10,13,21H,2,8-9,11-12,14,30H2,1H3,(H2,31,34)(H2,32,36)(H,33,38)/t21-/m1/s1. The summed E-state index contributed by atoms with van der Waals surface area (Å²) in [6.07, 6.45) is 4.19. The molecule has 1 aromatic carbocycles. The van der Waals surface area contributed by atoms with Crippen LogP contribution in [0.3, 0.4) is 0 Å². The number of piperidine rings is 1. The molecular weight excluding hydrogens is 555 g/mol. The van der Waals surface area contributed by atoms with E-state index in [1.807, 2.05) is 19.1 Å². The monoisotopic (exact) mass is 582 g/mol. The molecule has 1 atom stereocenters. The molecule has 3 heterocycles. The third-order valence-electron chi connectivity index (χ3n) is 7.32. The summed E-state index contributed by atoms with van der Waals surface area (Å²) in [5.74, 6) is 6.35. The molecule has 39 heavy (non-hydrogen) atoms. The van der Waals surface area contributed by atoms with Gasteiger partial charge in [-0.1, -0.05) is 47.0 Å². The Bertz CT molecular complexity index is 1500. The van der Waals surface area contributed by atoms with E-state index >= 15 is 0 Å². The Morgan fingerprint density at radius 2 is 1.97 bits per heavy atom. The van der Waals surface area contributed by atoms with Crippen molar-refractivity contribution in [2.75, 3.05) is 36.0 Å². The Hall–Kier alpha value is -3.23. The van der Waals surface area contributed by atoms with Crippen molar-refractivity contribution < 1.29 is 4.79 Å². The maximum Gasteiger partial charge on any atom is 0.296 e. The predicted molar refractivity (Wildman–Crippen MR) is 156 cm³/mol. The van der Waals surface area contributed by atoms with Gasteiger partial charge < -0.3 is 27.4 Å². The van der Waals surface area contributed by atoms with Crippen molar-refractivity contribution in [1.82, 2.24) is 20.3 Å². The van der Waals surface area contributed by atoms with Crippen LogP contribution < -0.4 is 27.4 Å². The van der Waals surface area contributed by atoms with E-state index in [1.54, 1.807) is 12.3 Å². The van der Waals surface area contributed by atoms with Crippen LogP contribution in [0, 0.1) is 17.3 Å². The van der Waals surface area contributed by atoms with Crippen LogP contribution in [-0.4, -0.2) is 40.5 Å². The summed E-state index contributed by atoms with van der Waals surface area (Å²) in [6, 6.07) is 7.67. The summed E-state index contributed by atoms with van der Waals surface area (Å²) in [6.45, 7) is 3.85. The summed E-state index contributed by atoms with van der Waals surface area (Å²) in [7, 11) is 0. The van der Waals surface area contributed by atoms with E-state index in [0.29, 0.717) is 27.3 Å². The number of carbonyl (C=O) groups is 1. The number of hydrogen-bond acceptors (Lipinski definition) is 9. The molecule has 202 valence electrons. The molecule has 1 amide bonds. The number of nitrogens with one attached hydrogen (secondary N) is 1. The van der Waals surface area contributed by atoms with E-state index < -0.39 is 0 Å². The van der Waals surface area contributed by atoms with Gasteiger partial charge in [0.25, 0.3) is 5.91 Å². The highest BCUT2D eigenvalue weighted by Gasteiger charge is 2.46. The van der Waals surface area contributed by atoms with Crippen molar-refractivity contribution in [2.24, 2.45) is 11.1 Å². The summed E-state index contributed by atoms with van der Waals surface area (Å²) >= 11 is 14.1. The lowest BCUT2D eigenvalue weighted by Crippen LogP contribution is -2.44. The van der Waals surface area contributed by atoms with Crippen molar-refractivity contribution in [3.63, 3.8) is 0 Å². The third kappa shape index (κ3) is 5.45. The van der Waals surface area contributed by atoms with E-state index in [1.165, 1.54) is 17.3 Å². The lowest BCUT2D eigenvalue weighted by atomic mass is 9.73. The lowest BCUT2D eigenvalue weighted by molar-refractivity contribution is -0.115. The lowest BCUT2D eigenvalue weighted by Gasteiger charge is -2.42. The number of nitrogens with zero attached hydrogens (tertiary/aromatic N) is 4. The number of halogens is 2. The van der Waals surface area contributed by atoms with Gasteiger partial charge in [-0.3, -0.25) is 4.79 Å². The molecule has 1 spiro atoms. The molecule has 3 aromatic rings. The number of nitrogens with two attached hydrogens (primary N) is 3. The molecule has 1 aliphatic heterocycles. The van der Waals surface area contributed by atoms with Crippen LogP contribution in [0.4, 0.5) is 17.5 Å². The Morgan fingerprint density at radius 3 is 2.72 bits per heavy atom. The van der Waals surface area contributed by atoms with Gasteiger partial charge in [-0.15, -0.1) is 0 Å². The Labute approximate surface area is 241 Å². The molecule has 9 nitrogen and oxygen atoms in total. The minimum Gasteiger partial charge on any atom is -0.382 e. The van der Waals surface area contributed by atoms with Crippen molar-refractivity contribution >= 4 is 58.3 Å². The minimum atomic E-state index is -0.286. The topological polar surface area (TPSA) is 149 Å². The first-order valence-corrected chi connectivity index (χ1v) is 14.1. The molecule has 0 bridgehead atoms. The Kier molecular flexibility index (Phi) is 7.78. The van der Waals surface area contributed by atoms with Gasteiger partial charge >= 0.3 is 0 Å². The van der Waals surface area contributed by atoms with E-state index in [9.17, 15) is 4.79 Å². The predicted octanol–water partition coefficient (Wildman–Crippen LogP) is 3.82. The molecule has 0 saturated carbocycles. The van der Waals surface area contributed by atoms with Crippen LogP contribution >= 0.6 is 35.0 Å². The summed E-state index contributed by atoms with van der Waals surface area (Å²) in [5, 5.41) is 3.74. The normalized spacial score (nSPS) is 17.4. The maximum atomic E-state index is 11.7. The average Bonchev–Trinajstić information content (AvgIpc) is 3.18. The molecule has 2 aromatic heterocycles. The summed E-state index contributed by atoms with van der Waals surface area (Å²) in [4.78, 5) is 27.6. The molecule has 1 fully saturated rings. The van der Waals surface area contributed by atoms with Gasteiger partial charge in [-0.2, -0.15) is 0 Å². The molecular formula is C27H28Cl2N8OS. The molecule has 0 unspecified atom stereocenters. The number of aromatic nitrogens is 3. The second kappa shape index (κ2) is 11.1. The number of rotatable bonds is 4. The average molecular weight is 584 g/mol. The SMILES string of the molecule is CCNC(=O)C#Cc1ccc2c(c1)[C@@H](N)C1(CCN(c3nc(N)c(Sc4ccnc(N)c4Cl)nc3Cl)CC1)C2. The summed E-state index contributed by atoms with van der Waals surface area (Å²) < 4.78 is 0. The Morgan fingerprint density at radius 1 is 1.21 bits per heavy atom. The van der Waals surface area contributed by atoms with Crippen LogP contribution in [0.5, 0.6) is 0 Å². The minimum absolute atomic E-state index is 0.0657. The van der Waals surface area contributed by atoms with Crippen LogP contribution in [0.25, 0.3) is 0 Å². The highest BCUT2D eigenvalue weighted by molar-refractivity contribution is 7.99. The van der Waals surface area contributed by atoms with Crippen LogP contribution in [-0.2, 0) is 11.2 Å². The van der Waals surface area contributed by atoms with Crippen molar-refractivity contribution in [3.8, 4) is 11.8 Å². The van der Waals surface area contributed by atoms with Crippen LogP contribution in [0.15, 0.2) is 40.4 Å². The van der Waals surface area contributed by atoms with Crippen LogP contribution in [0.1, 0.15) is 42.5 Å². The van der Waals surface area contributed by atoms with E-state index in [2.05, 4.69) is 43.1 Å². The van der Waals surface area contributed by atoms with E-state index in [4.69, 9.17) is 40.4 Å². The zero-order valence-electron chi connectivity index (χ0n) is 21.3. The fourth-order valence-electron chi connectivity index (χ4n) is 5.23. The van der Waals surface area contributed by atoms with Crippen LogP contribution in [0.2, 0.25) is 10.2 Å². The number of hydrogen-bond donors (Lipinski definition) is 4. The van der Waals surface area contributed by atoms with Gasteiger partial charge in [-0.25, -0.2) is 15.0 Å². The van der Waals surface area contributed by atoms with Crippen molar-refractivity contribution in [3.05, 3.63) is 57.3 Å². The molecule has 1 saturated heterocycles. The number of amides is 1. The molecule has 0 radical (unpaired) electrons. The van der Waals surface area contributed by atoms with Crippen molar-refractivity contribution in [2.45, 2.75) is 42.1 Å². The molecule has 12 heteroatoms. The summed E-state index contributed by atoms with van der Waals surface area (Å²) in [5.41, 5.74) is 22.0. The number of fused-ring (bicyclic) bond motifs is 1. The van der Waals surface area contributed by atoms with E-state index in [-0.39, 0.29) is 34.2 Å². The first-order chi connectivity index (χ1) is 18.7. The maximum absolute atomic E-state index is 11.7. The Balaban J connectivity index is 1.29. The zero-order valence-corrected chi connectivity index (χ0v) is 23.6. The van der Waals surface area contributed by atoms with Crippen molar-refractivity contribution in [1.29, 1.82) is 0 Å². The molecule has 7 N–H and O–H groups in total. The molecule has 1 aliphatic carbocycles. The zero-order chi connectivity index (χ0) is 27.7. The third-order valence-corrected chi connectivity index (χ3v) is 9.13. The second-order valence-corrected chi connectivity index (χ2v) is 11.4. The first kappa shape index (κ1) is 27.3. The molecule has 2 aliphatic rings. The van der Waals surface area contributed by atoms with Gasteiger partial charge in [0, 0.05) is 48.3 Å². The fraction of sp³-hybridized carbons (Fsp3) is 0.333. The van der Waals surface area contributed by atoms with Gasteiger partial charge in [0.1, 0.15) is 10.8 Å². The highest BCUT2D eigenvalue weighted by atomic mass is 35.5. The smallest absolute Gasteiger partial charge is 0.296 e. The number of carbonyl (C=O) groups excluding carboxylic acids is 1. The quantitative estimate of drug-likeness (QED) is 0.336. The molecule has 5 rings (SSSR count). The van der Waals surface area contributed by atoms with Gasteiger partial charge in [0.2, 0.25) is 0 Å². The van der Waals surface area contributed by atoms with Gasteiger partial charge in [0.05, 0.1) is 5.02 Å². The number of benzene rings is 1.